The van der Waals surface area contributed by atoms with Gasteiger partial charge in [-0.25, -0.2) is 0 Å². The van der Waals surface area contributed by atoms with Crippen LogP contribution >= 0.6 is 0 Å². The normalized spacial score (nSPS) is 12.9. The Kier molecular flexibility index (Phi) is 63.8. The van der Waals surface area contributed by atoms with Crippen LogP contribution in [0.1, 0.15) is 310 Å². The summed E-state index contributed by atoms with van der Waals surface area (Å²) in [4.78, 5) is 38.4. The second kappa shape index (κ2) is 67.3. The minimum atomic E-state index is -0.794. The molecule has 0 aliphatic carbocycles. The smallest absolute Gasteiger partial charge is 0.306 e. The van der Waals surface area contributed by atoms with Gasteiger partial charge in [0.15, 0.2) is 6.10 Å². The van der Waals surface area contributed by atoms with Crippen LogP contribution in [0.15, 0.2) is 122 Å². The first kappa shape index (κ1) is 75.8. The molecule has 0 saturated heterocycles. The fraction of sp³-hybridized carbons (Fsp3) is 0.689. The first-order valence-electron chi connectivity index (χ1n) is 33.5. The molecule has 1 atom stereocenters. The van der Waals surface area contributed by atoms with Gasteiger partial charge in [-0.3, -0.25) is 14.4 Å². The molecule has 6 heteroatoms. The maximum Gasteiger partial charge on any atom is 0.306 e. The zero-order valence-electron chi connectivity index (χ0n) is 52.3. The summed E-state index contributed by atoms with van der Waals surface area (Å²) in [6.45, 7) is 6.40. The van der Waals surface area contributed by atoms with Crippen molar-refractivity contribution >= 4 is 17.9 Å². The predicted octanol–water partition coefficient (Wildman–Crippen LogP) is 23.2. The fourth-order valence-corrected chi connectivity index (χ4v) is 9.22. The molecule has 0 aliphatic rings. The van der Waals surface area contributed by atoms with Crippen molar-refractivity contribution < 1.29 is 28.6 Å². The fourth-order valence-electron chi connectivity index (χ4n) is 9.22. The molecule has 0 N–H and O–H groups in total. The molecular formula is C74H124O6. The van der Waals surface area contributed by atoms with Crippen LogP contribution in [-0.2, 0) is 28.6 Å². The Morgan fingerprint density at radius 1 is 0.263 bits per heavy atom. The van der Waals surface area contributed by atoms with Gasteiger partial charge in [0, 0.05) is 19.3 Å². The summed E-state index contributed by atoms with van der Waals surface area (Å²) in [6, 6.07) is 0. The third-order valence-corrected chi connectivity index (χ3v) is 14.2. The largest absolute Gasteiger partial charge is 0.462 e. The number of unbranched alkanes of at least 4 members (excludes halogenated alkanes) is 29. The Labute approximate surface area is 494 Å². The quantitative estimate of drug-likeness (QED) is 0.0261. The van der Waals surface area contributed by atoms with Crippen molar-refractivity contribution in [2.24, 2.45) is 0 Å². The molecule has 0 radical (unpaired) electrons. The molecule has 0 aromatic carbocycles. The SMILES string of the molecule is CC/C=C\C/C=C\C/C=C\C/C=C\C/C=C\CCCCCCCCCCCCCCCC(=O)OCC(COC(=O)CCCCCCC/C=C\C/C=C\C/C=C\CC)OC(=O)CCCCCCCCC/C=C\C/C=C\CCCCCC. The van der Waals surface area contributed by atoms with E-state index in [2.05, 4.69) is 142 Å². The third-order valence-electron chi connectivity index (χ3n) is 14.2. The zero-order valence-corrected chi connectivity index (χ0v) is 52.3. The molecule has 0 fully saturated rings. The number of ether oxygens (including phenoxy) is 3. The minimum Gasteiger partial charge on any atom is -0.462 e. The van der Waals surface area contributed by atoms with E-state index in [1.165, 1.54) is 128 Å². The van der Waals surface area contributed by atoms with E-state index < -0.39 is 6.10 Å². The Morgan fingerprint density at radius 3 is 0.762 bits per heavy atom. The van der Waals surface area contributed by atoms with Crippen LogP contribution in [0.3, 0.4) is 0 Å². The number of carbonyl (C=O) groups excluding carboxylic acids is 3. The van der Waals surface area contributed by atoms with Crippen LogP contribution < -0.4 is 0 Å². The van der Waals surface area contributed by atoms with E-state index in [0.717, 1.165) is 141 Å². The van der Waals surface area contributed by atoms with Gasteiger partial charge in [-0.1, -0.05) is 284 Å². The zero-order chi connectivity index (χ0) is 57.8. The Bertz CT molecular complexity index is 1650. The molecule has 80 heavy (non-hydrogen) atoms. The lowest BCUT2D eigenvalue weighted by molar-refractivity contribution is -0.167. The molecule has 0 rings (SSSR count). The molecule has 0 aromatic heterocycles. The van der Waals surface area contributed by atoms with E-state index in [1.807, 2.05) is 0 Å². The van der Waals surface area contributed by atoms with E-state index in [1.54, 1.807) is 0 Å². The topological polar surface area (TPSA) is 78.9 Å². The number of allylic oxidation sites excluding steroid dienone is 20. The van der Waals surface area contributed by atoms with Crippen molar-refractivity contribution in [1.29, 1.82) is 0 Å². The summed E-state index contributed by atoms with van der Waals surface area (Å²) >= 11 is 0. The molecule has 0 heterocycles. The van der Waals surface area contributed by atoms with Gasteiger partial charge in [0.05, 0.1) is 0 Å². The number of rotatable bonds is 60. The molecule has 0 spiro atoms. The molecule has 0 saturated carbocycles. The van der Waals surface area contributed by atoms with Crippen molar-refractivity contribution in [3.63, 3.8) is 0 Å². The average molecular weight is 1110 g/mol. The highest BCUT2D eigenvalue weighted by molar-refractivity contribution is 5.71. The van der Waals surface area contributed by atoms with Crippen molar-refractivity contribution in [1.82, 2.24) is 0 Å². The Balaban J connectivity index is 4.32. The van der Waals surface area contributed by atoms with Crippen molar-refractivity contribution in [2.45, 2.75) is 316 Å². The first-order valence-corrected chi connectivity index (χ1v) is 33.5. The van der Waals surface area contributed by atoms with Gasteiger partial charge in [-0.2, -0.15) is 0 Å². The van der Waals surface area contributed by atoms with Gasteiger partial charge in [0.2, 0.25) is 0 Å². The summed E-state index contributed by atoms with van der Waals surface area (Å²) in [5.74, 6) is -0.907. The van der Waals surface area contributed by atoms with Crippen LogP contribution in [-0.4, -0.2) is 37.2 Å². The molecule has 1 unspecified atom stereocenters. The summed E-state index contributed by atoms with van der Waals surface area (Å²) in [6.07, 6.45) is 93.5. The van der Waals surface area contributed by atoms with Gasteiger partial charge in [-0.15, -0.1) is 0 Å². The lowest BCUT2D eigenvalue weighted by atomic mass is 10.0. The lowest BCUT2D eigenvalue weighted by Gasteiger charge is -2.18. The maximum absolute atomic E-state index is 12.9. The average Bonchev–Trinajstić information content (AvgIpc) is 3.46. The first-order chi connectivity index (χ1) is 39.5. The van der Waals surface area contributed by atoms with Gasteiger partial charge < -0.3 is 14.2 Å². The van der Waals surface area contributed by atoms with E-state index >= 15 is 0 Å². The lowest BCUT2D eigenvalue weighted by Crippen LogP contribution is -2.30. The Morgan fingerprint density at radius 2 is 0.487 bits per heavy atom. The van der Waals surface area contributed by atoms with Gasteiger partial charge in [-0.05, 0) is 128 Å². The summed E-state index contributed by atoms with van der Waals surface area (Å²) < 4.78 is 16.9. The van der Waals surface area contributed by atoms with Crippen molar-refractivity contribution in [3.05, 3.63) is 122 Å². The number of hydrogen-bond acceptors (Lipinski definition) is 6. The van der Waals surface area contributed by atoms with E-state index in [-0.39, 0.29) is 31.1 Å². The van der Waals surface area contributed by atoms with Crippen LogP contribution in [0, 0.1) is 0 Å². The molecule has 0 aromatic rings. The van der Waals surface area contributed by atoms with Crippen LogP contribution in [0.2, 0.25) is 0 Å². The molecule has 456 valence electrons. The van der Waals surface area contributed by atoms with E-state index in [9.17, 15) is 14.4 Å². The summed E-state index contributed by atoms with van der Waals surface area (Å²) in [5, 5.41) is 0. The van der Waals surface area contributed by atoms with Crippen LogP contribution in [0.5, 0.6) is 0 Å². The van der Waals surface area contributed by atoms with Gasteiger partial charge in [0.25, 0.3) is 0 Å². The molecule has 0 aliphatic heterocycles. The van der Waals surface area contributed by atoms with Gasteiger partial charge in [0.1, 0.15) is 13.2 Å². The minimum absolute atomic E-state index is 0.0883. The van der Waals surface area contributed by atoms with Gasteiger partial charge >= 0.3 is 17.9 Å². The number of carbonyl (C=O) groups is 3. The van der Waals surface area contributed by atoms with E-state index in [0.29, 0.717) is 19.3 Å². The second-order valence-electron chi connectivity index (χ2n) is 22.0. The molecule has 0 bridgehead atoms. The van der Waals surface area contributed by atoms with Crippen LogP contribution in [0.25, 0.3) is 0 Å². The third kappa shape index (κ3) is 64.6. The summed E-state index contributed by atoms with van der Waals surface area (Å²) in [5.41, 5.74) is 0. The van der Waals surface area contributed by atoms with Crippen molar-refractivity contribution in [3.8, 4) is 0 Å². The Hall–Kier alpha value is -4.19. The number of esters is 3. The standard InChI is InChI=1S/C74H124O6/c1-4-7-10-13-16-19-22-25-28-30-32-33-34-35-36-37-38-39-40-41-42-44-46-49-52-55-58-61-64-67-73(76)79-70-71(69-78-72(75)66-63-60-57-54-51-48-45-27-24-21-18-15-12-9-6-3)80-74(77)68-65-62-59-56-53-50-47-43-31-29-26-23-20-17-14-11-8-5-2/h7,9-10,12,16,18-21,23,25,27-29,31-33,35-36,45,71H,4-6,8,11,13-15,17,22,24,26,30,34,37-44,46-70H2,1-3H3/b10-7-,12-9-,19-16-,21-18-,23-20-,28-25-,31-29-,33-32-,36-35-,45-27-. The van der Waals surface area contributed by atoms with E-state index in [4.69, 9.17) is 14.2 Å². The predicted molar refractivity (Wildman–Crippen MR) is 348 cm³/mol. The van der Waals surface area contributed by atoms with Crippen LogP contribution in [0.4, 0.5) is 0 Å². The maximum atomic E-state index is 12.9. The molecule has 0 amide bonds. The second-order valence-corrected chi connectivity index (χ2v) is 22.0. The highest BCUT2D eigenvalue weighted by Crippen LogP contribution is 2.16. The highest BCUT2D eigenvalue weighted by atomic mass is 16.6. The summed E-state index contributed by atoms with van der Waals surface area (Å²) in [7, 11) is 0. The molecular weight excluding hydrogens is 985 g/mol. The van der Waals surface area contributed by atoms with Crippen molar-refractivity contribution in [2.75, 3.05) is 13.2 Å². The molecule has 6 nitrogen and oxygen atoms in total. The number of hydrogen-bond donors (Lipinski definition) is 0. The monoisotopic (exact) mass is 1110 g/mol. The highest BCUT2D eigenvalue weighted by Gasteiger charge is 2.19.